The second-order valence-electron chi connectivity index (χ2n) is 5.23. The molecule has 3 rings (SSSR count). The van der Waals surface area contributed by atoms with Crippen LogP contribution in [0.1, 0.15) is 5.69 Å². The minimum atomic E-state index is -0.0264. The average Bonchev–Trinajstić information content (AvgIpc) is 3.05. The predicted octanol–water partition coefficient (Wildman–Crippen LogP) is 3.05. The molecule has 23 heavy (non-hydrogen) atoms. The minimum absolute atomic E-state index is 0.0264. The molecular weight excluding hydrogens is 334 g/mol. The van der Waals surface area contributed by atoms with Crippen LogP contribution >= 0.6 is 22.9 Å². The zero-order chi connectivity index (χ0) is 16.1. The van der Waals surface area contributed by atoms with E-state index in [0.717, 1.165) is 27.7 Å². The van der Waals surface area contributed by atoms with Gasteiger partial charge in [-0.15, -0.1) is 11.3 Å². The molecule has 0 atom stereocenters. The molecule has 2 amide bonds. The summed E-state index contributed by atoms with van der Waals surface area (Å²) >= 11 is 7.50. The molecule has 0 aliphatic carbocycles. The van der Waals surface area contributed by atoms with Crippen molar-refractivity contribution in [3.05, 3.63) is 40.4 Å². The maximum absolute atomic E-state index is 12.0. The number of benzene rings is 1. The summed E-state index contributed by atoms with van der Waals surface area (Å²) in [5, 5.41) is 6.66. The van der Waals surface area contributed by atoms with E-state index in [1.54, 1.807) is 16.2 Å². The summed E-state index contributed by atoms with van der Waals surface area (Å²) in [6, 6.07) is 7.62. The van der Waals surface area contributed by atoms with Crippen LogP contribution < -0.4 is 5.32 Å². The fourth-order valence-electron chi connectivity index (χ4n) is 2.32. The highest BCUT2D eigenvalue weighted by Crippen LogP contribution is 2.25. The van der Waals surface area contributed by atoms with Gasteiger partial charge in [0.1, 0.15) is 5.01 Å². The molecule has 5 nitrogen and oxygen atoms in total. The molecule has 0 saturated carbocycles. The van der Waals surface area contributed by atoms with Crippen molar-refractivity contribution in [1.82, 2.24) is 15.2 Å². The molecule has 1 aliphatic rings. The number of hydrogen-bond donors (Lipinski definition) is 1. The first-order valence-corrected chi connectivity index (χ1v) is 8.79. The summed E-state index contributed by atoms with van der Waals surface area (Å²) in [6.45, 7) is 3.13. The van der Waals surface area contributed by atoms with Gasteiger partial charge in [0.05, 0.1) is 18.9 Å². The molecule has 1 aromatic carbocycles. The van der Waals surface area contributed by atoms with Crippen molar-refractivity contribution in [2.45, 2.75) is 6.42 Å². The van der Waals surface area contributed by atoms with Gasteiger partial charge in [0, 0.05) is 42.0 Å². The molecule has 122 valence electrons. The van der Waals surface area contributed by atoms with Crippen LogP contribution in [0.4, 0.5) is 4.79 Å². The first-order chi connectivity index (χ1) is 11.2. The smallest absolute Gasteiger partial charge is 0.317 e. The molecule has 1 aromatic heterocycles. The Labute approximate surface area is 144 Å². The molecule has 0 spiro atoms. The van der Waals surface area contributed by atoms with Gasteiger partial charge in [0.25, 0.3) is 0 Å². The monoisotopic (exact) mass is 351 g/mol. The molecular formula is C16H18ClN3O2S. The van der Waals surface area contributed by atoms with E-state index in [1.165, 1.54) is 0 Å². The number of aromatic nitrogens is 1. The second kappa shape index (κ2) is 7.77. The van der Waals surface area contributed by atoms with Gasteiger partial charge in [-0.25, -0.2) is 9.78 Å². The van der Waals surface area contributed by atoms with Crippen molar-refractivity contribution in [3.63, 3.8) is 0 Å². The number of halogens is 1. The molecule has 2 heterocycles. The molecule has 1 aliphatic heterocycles. The Morgan fingerprint density at radius 1 is 1.30 bits per heavy atom. The maximum Gasteiger partial charge on any atom is 0.317 e. The number of nitrogens with zero attached hydrogens (tertiary/aromatic N) is 2. The maximum atomic E-state index is 12.0. The lowest BCUT2D eigenvalue weighted by Crippen LogP contribution is -2.46. The van der Waals surface area contributed by atoms with Crippen LogP contribution in [0.2, 0.25) is 5.02 Å². The Hall–Kier alpha value is -1.63. The standard InChI is InChI=1S/C16H18ClN3O2S/c17-13-3-1-12(2-4-13)15-19-14(11-23-15)5-6-18-16(21)20-7-9-22-10-8-20/h1-4,11H,5-10H2,(H,18,21). The van der Waals surface area contributed by atoms with Crippen LogP contribution in [0.3, 0.4) is 0 Å². The van der Waals surface area contributed by atoms with Crippen molar-refractivity contribution >= 4 is 29.0 Å². The van der Waals surface area contributed by atoms with E-state index in [9.17, 15) is 4.79 Å². The van der Waals surface area contributed by atoms with E-state index in [1.807, 2.05) is 29.6 Å². The molecule has 2 aromatic rings. The van der Waals surface area contributed by atoms with Gasteiger partial charge in [-0.05, 0) is 12.1 Å². The van der Waals surface area contributed by atoms with Crippen LogP contribution in [0.25, 0.3) is 10.6 Å². The van der Waals surface area contributed by atoms with Gasteiger partial charge < -0.3 is 15.0 Å². The number of ether oxygens (including phenoxy) is 1. The average molecular weight is 352 g/mol. The van der Waals surface area contributed by atoms with E-state index in [0.29, 0.717) is 32.8 Å². The SMILES string of the molecule is O=C(NCCc1csc(-c2ccc(Cl)cc2)n1)N1CCOCC1. The summed E-state index contributed by atoms with van der Waals surface area (Å²) in [4.78, 5) is 18.4. The zero-order valence-corrected chi connectivity index (χ0v) is 14.2. The van der Waals surface area contributed by atoms with Crippen molar-refractivity contribution in [2.75, 3.05) is 32.8 Å². The number of carbonyl (C=O) groups excluding carboxylic acids is 1. The van der Waals surface area contributed by atoms with Gasteiger partial charge in [0.2, 0.25) is 0 Å². The van der Waals surface area contributed by atoms with Crippen LogP contribution in [-0.4, -0.2) is 48.8 Å². The van der Waals surface area contributed by atoms with Gasteiger partial charge >= 0.3 is 6.03 Å². The Morgan fingerprint density at radius 3 is 2.78 bits per heavy atom. The first-order valence-electron chi connectivity index (χ1n) is 7.53. The van der Waals surface area contributed by atoms with Gasteiger partial charge in [-0.2, -0.15) is 0 Å². The number of amides is 2. The highest BCUT2D eigenvalue weighted by Gasteiger charge is 2.16. The Kier molecular flexibility index (Phi) is 5.48. The third-order valence-electron chi connectivity index (χ3n) is 3.60. The highest BCUT2D eigenvalue weighted by molar-refractivity contribution is 7.13. The normalized spacial score (nSPS) is 14.7. The number of nitrogens with one attached hydrogen (secondary N) is 1. The van der Waals surface area contributed by atoms with Crippen LogP contribution in [0, 0.1) is 0 Å². The van der Waals surface area contributed by atoms with Crippen molar-refractivity contribution < 1.29 is 9.53 Å². The largest absolute Gasteiger partial charge is 0.378 e. The van der Waals surface area contributed by atoms with E-state index in [-0.39, 0.29) is 6.03 Å². The third-order valence-corrected chi connectivity index (χ3v) is 4.79. The van der Waals surface area contributed by atoms with E-state index >= 15 is 0 Å². The van der Waals surface area contributed by atoms with Crippen molar-refractivity contribution in [1.29, 1.82) is 0 Å². The molecule has 1 fully saturated rings. The summed E-state index contributed by atoms with van der Waals surface area (Å²) in [6.07, 6.45) is 0.722. The summed E-state index contributed by atoms with van der Waals surface area (Å²) in [7, 11) is 0. The summed E-state index contributed by atoms with van der Waals surface area (Å²) in [5.74, 6) is 0. The van der Waals surface area contributed by atoms with Crippen LogP contribution in [0.5, 0.6) is 0 Å². The number of carbonyl (C=O) groups is 1. The van der Waals surface area contributed by atoms with Crippen molar-refractivity contribution in [3.8, 4) is 10.6 Å². The van der Waals surface area contributed by atoms with Gasteiger partial charge in [-0.3, -0.25) is 0 Å². The Balaban J connectivity index is 1.49. The lowest BCUT2D eigenvalue weighted by atomic mass is 10.2. The fraction of sp³-hybridized carbons (Fsp3) is 0.375. The quantitative estimate of drug-likeness (QED) is 0.921. The highest BCUT2D eigenvalue weighted by atomic mass is 35.5. The van der Waals surface area contributed by atoms with Crippen LogP contribution in [0.15, 0.2) is 29.6 Å². The third kappa shape index (κ3) is 4.43. The number of thiazole rings is 1. The summed E-state index contributed by atoms with van der Waals surface area (Å²) < 4.78 is 5.24. The lowest BCUT2D eigenvalue weighted by Gasteiger charge is -2.26. The molecule has 0 radical (unpaired) electrons. The number of morpholine rings is 1. The molecule has 7 heteroatoms. The molecule has 1 N–H and O–H groups in total. The van der Waals surface area contributed by atoms with E-state index in [2.05, 4.69) is 10.3 Å². The van der Waals surface area contributed by atoms with E-state index < -0.39 is 0 Å². The number of urea groups is 1. The number of hydrogen-bond acceptors (Lipinski definition) is 4. The Bertz CT molecular complexity index is 654. The Morgan fingerprint density at radius 2 is 2.04 bits per heavy atom. The lowest BCUT2D eigenvalue weighted by molar-refractivity contribution is 0.0533. The molecule has 0 unspecified atom stereocenters. The van der Waals surface area contributed by atoms with E-state index in [4.69, 9.17) is 16.3 Å². The topological polar surface area (TPSA) is 54.5 Å². The fourth-order valence-corrected chi connectivity index (χ4v) is 3.31. The second-order valence-corrected chi connectivity index (χ2v) is 6.53. The van der Waals surface area contributed by atoms with Gasteiger partial charge in [0.15, 0.2) is 0 Å². The zero-order valence-electron chi connectivity index (χ0n) is 12.6. The predicted molar refractivity (Wildman–Crippen MR) is 92.1 cm³/mol. The minimum Gasteiger partial charge on any atom is -0.378 e. The van der Waals surface area contributed by atoms with Crippen molar-refractivity contribution in [2.24, 2.45) is 0 Å². The molecule has 0 bridgehead atoms. The molecule has 1 saturated heterocycles. The van der Waals surface area contributed by atoms with Crippen LogP contribution in [-0.2, 0) is 11.2 Å². The number of rotatable bonds is 4. The summed E-state index contributed by atoms with van der Waals surface area (Å²) in [5.41, 5.74) is 2.05. The first kappa shape index (κ1) is 16.2. The van der Waals surface area contributed by atoms with Gasteiger partial charge in [-0.1, -0.05) is 23.7 Å².